The second-order valence-electron chi connectivity index (χ2n) is 25.1. The summed E-state index contributed by atoms with van der Waals surface area (Å²) in [6.07, 6.45) is 107. The van der Waals surface area contributed by atoms with Gasteiger partial charge in [0.2, 0.25) is 0 Å². The molecule has 0 bridgehead atoms. The average molecular weight is 1290 g/mol. The topological polar surface area (TPSA) is 108 Å². The molecule has 0 aromatic carbocycles. The summed E-state index contributed by atoms with van der Waals surface area (Å²) in [5.41, 5.74) is 0. The number of quaternary nitrogens is 1. The van der Waals surface area contributed by atoms with Crippen LogP contribution in [-0.2, 0) is 33.3 Å². The number of unbranched alkanes of at least 4 members (excludes halogenated alkanes) is 21. The van der Waals surface area contributed by atoms with Crippen molar-refractivity contribution in [3.05, 3.63) is 182 Å². The molecule has 9 nitrogen and oxygen atoms in total. The van der Waals surface area contributed by atoms with E-state index in [0.29, 0.717) is 17.4 Å². The van der Waals surface area contributed by atoms with Gasteiger partial charge in [-0.3, -0.25) is 9.59 Å². The minimum absolute atomic E-state index is 0.174. The van der Waals surface area contributed by atoms with Gasteiger partial charge in [-0.2, -0.15) is 0 Å². The fraction of sp³-hybridized carbons (Fsp3) is 0.607. The Kier molecular flexibility index (Phi) is 67.9. The van der Waals surface area contributed by atoms with Gasteiger partial charge in [0.15, 0.2) is 6.10 Å². The highest BCUT2D eigenvalue weighted by atomic mass is 16.7. The van der Waals surface area contributed by atoms with E-state index in [0.717, 1.165) is 141 Å². The smallest absolute Gasteiger partial charge is 0.361 e. The zero-order chi connectivity index (χ0) is 67.5. The maximum atomic E-state index is 12.9. The van der Waals surface area contributed by atoms with Gasteiger partial charge in [-0.05, 0) is 135 Å². The first kappa shape index (κ1) is 87.4. The molecule has 2 unspecified atom stereocenters. The van der Waals surface area contributed by atoms with Crippen molar-refractivity contribution in [1.82, 2.24) is 0 Å². The number of ether oxygens (including phenoxy) is 4. The molecule has 0 rings (SSSR count). The average Bonchev–Trinajstić information content (AvgIpc) is 3.74. The lowest BCUT2D eigenvalue weighted by Crippen LogP contribution is -2.40. The Morgan fingerprint density at radius 3 is 0.860 bits per heavy atom. The lowest BCUT2D eigenvalue weighted by atomic mass is 10.0. The van der Waals surface area contributed by atoms with Crippen LogP contribution in [0.2, 0.25) is 0 Å². The Morgan fingerprint density at radius 2 is 0.581 bits per heavy atom. The molecule has 1 N–H and O–H groups in total. The molecule has 0 radical (unpaired) electrons. The molecule has 0 saturated carbocycles. The molecule has 0 fully saturated rings. The van der Waals surface area contributed by atoms with E-state index in [1.807, 2.05) is 21.1 Å². The number of rotatable bonds is 66. The number of aliphatic carboxylic acids is 1. The van der Waals surface area contributed by atoms with Crippen LogP contribution >= 0.6 is 0 Å². The lowest BCUT2D eigenvalue weighted by Gasteiger charge is -2.25. The standard InChI is InChI=1S/C84H135NO8/c1-6-8-10-12-14-16-18-20-22-24-26-28-30-32-34-36-37-38-39-40-41-42-43-44-45-47-48-50-52-54-56-58-60-62-64-66-68-70-72-74-81(86)91-78-80(79-92-84(83(88)89)90-77-76-85(3,4)5)93-82(87)75-73-71-69-67-65-63-61-59-57-55-53-51-49-46-35-33-31-29-27-25-23-21-19-17-15-13-11-9-7-2/h8-11,14-17,20-23,26-29,32-35,37-38,40-41,49,51,55,57,61,63,80,84H,6-7,12-13,18-19,24-25,30-31,36,39,42-48,50,52-54,56,58-60,62,64-79H2,1-5H3/p+1/b10-8-,11-9-,16-14-,17-15-,22-20-,23-21-,28-26-,29-27-,34-32-,35-33-,38-37-,41-40-,51-49-,57-55-,63-61-. The van der Waals surface area contributed by atoms with Crippen molar-refractivity contribution in [3.63, 3.8) is 0 Å². The van der Waals surface area contributed by atoms with E-state index in [1.54, 1.807) is 0 Å². The summed E-state index contributed by atoms with van der Waals surface area (Å²) in [7, 11) is 5.96. The number of carbonyl (C=O) groups excluding carboxylic acids is 2. The van der Waals surface area contributed by atoms with E-state index in [2.05, 4.69) is 196 Å². The van der Waals surface area contributed by atoms with E-state index >= 15 is 0 Å². The lowest BCUT2D eigenvalue weighted by molar-refractivity contribution is -0.870. The minimum Gasteiger partial charge on any atom is -0.477 e. The van der Waals surface area contributed by atoms with E-state index in [9.17, 15) is 19.5 Å². The second kappa shape index (κ2) is 72.2. The number of carboxylic acid groups (broad SMARTS) is 1. The van der Waals surface area contributed by atoms with Crippen LogP contribution in [-0.4, -0.2) is 87.4 Å². The van der Waals surface area contributed by atoms with Gasteiger partial charge in [-0.15, -0.1) is 0 Å². The number of esters is 2. The van der Waals surface area contributed by atoms with Crippen LogP contribution in [0.3, 0.4) is 0 Å². The van der Waals surface area contributed by atoms with E-state index in [-0.39, 0.29) is 38.6 Å². The van der Waals surface area contributed by atoms with Gasteiger partial charge in [-0.1, -0.05) is 305 Å². The van der Waals surface area contributed by atoms with Crippen LogP contribution in [0.15, 0.2) is 182 Å². The third kappa shape index (κ3) is 73.7. The van der Waals surface area contributed by atoms with Gasteiger partial charge in [0, 0.05) is 12.8 Å². The van der Waals surface area contributed by atoms with Crippen molar-refractivity contribution in [2.75, 3.05) is 47.5 Å². The fourth-order valence-electron chi connectivity index (χ4n) is 9.60. The monoisotopic (exact) mass is 1290 g/mol. The van der Waals surface area contributed by atoms with Crippen LogP contribution in [0.5, 0.6) is 0 Å². The van der Waals surface area contributed by atoms with Crippen LogP contribution in [0.25, 0.3) is 0 Å². The number of allylic oxidation sites excluding steroid dienone is 30. The van der Waals surface area contributed by atoms with Crippen LogP contribution in [0.4, 0.5) is 0 Å². The molecule has 0 aliphatic heterocycles. The van der Waals surface area contributed by atoms with Gasteiger partial charge in [0.1, 0.15) is 13.2 Å². The molecule has 0 heterocycles. The van der Waals surface area contributed by atoms with Crippen molar-refractivity contribution in [3.8, 4) is 0 Å². The largest absolute Gasteiger partial charge is 0.477 e. The Balaban J connectivity index is 4.15. The predicted octanol–water partition coefficient (Wildman–Crippen LogP) is 23.6. The number of carbonyl (C=O) groups is 3. The molecule has 524 valence electrons. The molecule has 0 saturated heterocycles. The maximum absolute atomic E-state index is 12.9. The van der Waals surface area contributed by atoms with Crippen LogP contribution in [0, 0.1) is 0 Å². The molecule has 2 atom stereocenters. The zero-order valence-corrected chi connectivity index (χ0v) is 59.8. The van der Waals surface area contributed by atoms with Crippen LogP contribution in [0.1, 0.15) is 271 Å². The summed E-state index contributed by atoms with van der Waals surface area (Å²) < 4.78 is 23.0. The summed E-state index contributed by atoms with van der Waals surface area (Å²) in [5.74, 6) is -2.05. The summed E-state index contributed by atoms with van der Waals surface area (Å²) in [6, 6.07) is 0. The van der Waals surface area contributed by atoms with Gasteiger partial charge in [0.05, 0.1) is 34.4 Å². The van der Waals surface area contributed by atoms with Crippen molar-refractivity contribution in [1.29, 1.82) is 0 Å². The number of nitrogens with zero attached hydrogens (tertiary/aromatic N) is 1. The number of hydrogen-bond donors (Lipinski definition) is 1. The molecular formula is C84H136NO8+. The first-order valence-corrected chi connectivity index (χ1v) is 36.9. The minimum atomic E-state index is -1.53. The molecule has 9 heteroatoms. The number of likely N-dealkylation sites (N-methyl/N-ethyl adjacent to an activating group) is 1. The first-order valence-electron chi connectivity index (χ1n) is 36.9. The van der Waals surface area contributed by atoms with Gasteiger partial charge < -0.3 is 28.5 Å². The summed E-state index contributed by atoms with van der Waals surface area (Å²) >= 11 is 0. The quantitative estimate of drug-likeness (QED) is 0.0211. The van der Waals surface area contributed by atoms with Gasteiger partial charge in [0.25, 0.3) is 6.29 Å². The molecule has 0 spiro atoms. The molecule has 0 aromatic heterocycles. The molecule has 0 aliphatic rings. The number of hydrogen-bond acceptors (Lipinski definition) is 7. The van der Waals surface area contributed by atoms with E-state index in [4.69, 9.17) is 18.9 Å². The Hall–Kier alpha value is -5.61. The normalized spacial score (nSPS) is 13.8. The fourth-order valence-corrected chi connectivity index (χ4v) is 9.60. The predicted molar refractivity (Wildman–Crippen MR) is 400 cm³/mol. The number of carboxylic acids is 1. The zero-order valence-electron chi connectivity index (χ0n) is 59.8. The highest BCUT2D eigenvalue weighted by molar-refractivity contribution is 5.71. The molecule has 93 heavy (non-hydrogen) atoms. The second-order valence-corrected chi connectivity index (χ2v) is 25.1. The molecular weight excluding hydrogens is 1150 g/mol. The molecule has 0 aliphatic carbocycles. The summed E-state index contributed by atoms with van der Waals surface area (Å²) in [6.45, 7) is 4.61. The summed E-state index contributed by atoms with van der Waals surface area (Å²) in [5, 5.41) is 9.76. The third-order valence-corrected chi connectivity index (χ3v) is 15.2. The van der Waals surface area contributed by atoms with Crippen molar-refractivity contribution in [2.45, 2.75) is 283 Å². The SMILES string of the molecule is CC/C=C\C/C=C\C/C=C\C/C=C\C/C=C\C/C=C\C/C=C\C/C=C\CCCCCCC(=O)OC(COC(=O)CCCCCCCCCCCCCCCCCCC/C=C\C/C=C\C/C=C\C/C=C\C/C=C\C/C=C\C/C=C\CC)COC(OCC[N+](C)(C)C)C(=O)O. The summed E-state index contributed by atoms with van der Waals surface area (Å²) in [4.78, 5) is 37.7. The van der Waals surface area contributed by atoms with Crippen molar-refractivity contribution >= 4 is 17.9 Å². The first-order chi connectivity index (χ1) is 45.6. The maximum Gasteiger partial charge on any atom is 0.361 e. The molecule has 0 amide bonds. The van der Waals surface area contributed by atoms with E-state index < -0.39 is 24.3 Å². The van der Waals surface area contributed by atoms with Crippen LogP contribution < -0.4 is 0 Å². The highest BCUT2D eigenvalue weighted by Crippen LogP contribution is 2.16. The highest BCUT2D eigenvalue weighted by Gasteiger charge is 2.25. The van der Waals surface area contributed by atoms with Crippen molar-refractivity contribution < 1.29 is 42.9 Å². The van der Waals surface area contributed by atoms with Gasteiger partial charge in [-0.25, -0.2) is 4.79 Å². The Bertz CT molecular complexity index is 2190. The molecule has 0 aromatic rings. The van der Waals surface area contributed by atoms with Gasteiger partial charge >= 0.3 is 17.9 Å². The third-order valence-electron chi connectivity index (χ3n) is 15.2. The van der Waals surface area contributed by atoms with Crippen molar-refractivity contribution in [2.24, 2.45) is 0 Å². The Morgan fingerprint density at radius 1 is 0.323 bits per heavy atom. The van der Waals surface area contributed by atoms with E-state index in [1.165, 1.54) is 96.3 Å². The Labute approximate surface area is 570 Å².